The van der Waals surface area contributed by atoms with E-state index in [1.54, 1.807) is 0 Å². The number of carbonyl (C=O) groups excluding carboxylic acids is 1. The number of aromatic nitrogens is 3. The molecule has 140 valence electrons. The second-order valence-electron chi connectivity index (χ2n) is 6.88. The van der Waals surface area contributed by atoms with E-state index in [0.717, 1.165) is 23.9 Å². The summed E-state index contributed by atoms with van der Waals surface area (Å²) in [6.07, 6.45) is 3.41. The van der Waals surface area contributed by atoms with Crippen LogP contribution < -0.4 is 5.32 Å². The Morgan fingerprint density at radius 1 is 1.27 bits per heavy atom. The lowest BCUT2D eigenvalue weighted by Gasteiger charge is -2.18. The van der Waals surface area contributed by atoms with E-state index in [0.29, 0.717) is 18.4 Å². The molecule has 1 aromatic carbocycles. The van der Waals surface area contributed by atoms with E-state index in [2.05, 4.69) is 46.1 Å². The van der Waals surface area contributed by atoms with Gasteiger partial charge in [0.1, 0.15) is 5.82 Å². The highest BCUT2D eigenvalue weighted by molar-refractivity contribution is 8.00. The van der Waals surface area contributed by atoms with Gasteiger partial charge in [-0.2, -0.15) is 0 Å². The van der Waals surface area contributed by atoms with Gasteiger partial charge in [-0.15, -0.1) is 10.2 Å². The second-order valence-corrected chi connectivity index (χ2v) is 8.19. The van der Waals surface area contributed by atoms with E-state index < -0.39 is 0 Å². The molecule has 1 N–H and O–H groups in total. The summed E-state index contributed by atoms with van der Waals surface area (Å²) in [6.45, 7) is 7.72. The fourth-order valence-corrected chi connectivity index (χ4v) is 4.07. The summed E-state index contributed by atoms with van der Waals surface area (Å²) in [4.78, 5) is 12.6. The molecule has 2 aromatic rings. The van der Waals surface area contributed by atoms with Crippen LogP contribution in [-0.4, -0.2) is 32.5 Å². The van der Waals surface area contributed by atoms with Gasteiger partial charge in [-0.25, -0.2) is 0 Å². The van der Waals surface area contributed by atoms with E-state index in [1.165, 1.54) is 30.2 Å². The number of carbonyl (C=O) groups is 1. The average molecular weight is 373 g/mol. The third-order valence-corrected chi connectivity index (χ3v) is 6.02. The van der Waals surface area contributed by atoms with Crippen LogP contribution in [0.4, 0.5) is 0 Å². The molecule has 1 amide bonds. The minimum Gasteiger partial charge on any atom is -0.355 e. The Balaban J connectivity index is 1.56. The first-order chi connectivity index (χ1) is 12.6. The molecule has 0 bridgehead atoms. The van der Waals surface area contributed by atoms with Crippen molar-refractivity contribution >= 4 is 17.7 Å². The van der Waals surface area contributed by atoms with Gasteiger partial charge < -0.3 is 9.88 Å². The van der Waals surface area contributed by atoms with Crippen molar-refractivity contribution in [2.75, 3.05) is 6.54 Å². The predicted octanol–water partition coefficient (Wildman–Crippen LogP) is 3.97. The Morgan fingerprint density at radius 3 is 2.62 bits per heavy atom. The monoisotopic (exact) mass is 372 g/mol. The molecule has 3 rings (SSSR count). The number of nitrogens with zero attached hydrogens (tertiary/aromatic N) is 3. The maximum absolute atomic E-state index is 12.6. The zero-order chi connectivity index (χ0) is 18.5. The number of amides is 1. The van der Waals surface area contributed by atoms with Gasteiger partial charge in [-0.1, -0.05) is 49.0 Å². The lowest BCUT2D eigenvalue weighted by molar-refractivity contribution is -0.120. The fourth-order valence-electron chi connectivity index (χ4n) is 3.13. The van der Waals surface area contributed by atoms with E-state index in [9.17, 15) is 4.79 Å². The second kappa shape index (κ2) is 8.71. The van der Waals surface area contributed by atoms with Gasteiger partial charge in [0, 0.05) is 24.9 Å². The lowest BCUT2D eigenvalue weighted by atomic mass is 9.96. The molecule has 26 heavy (non-hydrogen) atoms. The van der Waals surface area contributed by atoms with Crippen molar-refractivity contribution in [2.24, 2.45) is 0 Å². The van der Waals surface area contributed by atoms with Crippen LogP contribution in [0, 0.1) is 0 Å². The van der Waals surface area contributed by atoms with Crippen LogP contribution in [0.1, 0.15) is 63.3 Å². The number of thioether (sulfide) groups is 1. The van der Waals surface area contributed by atoms with Crippen molar-refractivity contribution in [3.05, 3.63) is 41.7 Å². The highest BCUT2D eigenvalue weighted by Gasteiger charge is 2.30. The van der Waals surface area contributed by atoms with Crippen LogP contribution in [0.2, 0.25) is 0 Å². The van der Waals surface area contributed by atoms with E-state index >= 15 is 0 Å². The van der Waals surface area contributed by atoms with E-state index in [1.807, 2.05) is 25.1 Å². The van der Waals surface area contributed by atoms with Gasteiger partial charge >= 0.3 is 0 Å². The molecule has 1 aliphatic rings. The average Bonchev–Trinajstić information content (AvgIpc) is 3.43. The molecule has 6 heteroatoms. The van der Waals surface area contributed by atoms with Crippen molar-refractivity contribution in [3.63, 3.8) is 0 Å². The first-order valence-electron chi connectivity index (χ1n) is 9.56. The normalized spacial score (nSPS) is 16.3. The zero-order valence-corrected chi connectivity index (χ0v) is 16.6. The minimum atomic E-state index is -0.190. The molecular formula is C20H28N4OS. The van der Waals surface area contributed by atoms with Crippen molar-refractivity contribution < 1.29 is 4.79 Å². The third kappa shape index (κ3) is 4.47. The lowest BCUT2D eigenvalue weighted by Crippen LogP contribution is -2.34. The van der Waals surface area contributed by atoms with Crippen LogP contribution >= 0.6 is 11.8 Å². The summed E-state index contributed by atoms with van der Waals surface area (Å²) in [5.74, 6) is 2.05. The maximum atomic E-state index is 12.6. The summed E-state index contributed by atoms with van der Waals surface area (Å²) in [5.41, 5.74) is 1.27. The largest absolute Gasteiger partial charge is 0.355 e. The van der Waals surface area contributed by atoms with Gasteiger partial charge in [0.2, 0.25) is 5.91 Å². The summed E-state index contributed by atoms with van der Waals surface area (Å²) in [6, 6.07) is 10.4. The first kappa shape index (κ1) is 19.0. The molecule has 0 spiro atoms. The summed E-state index contributed by atoms with van der Waals surface area (Å²) >= 11 is 1.50. The quantitative estimate of drug-likeness (QED) is 0.677. The molecule has 5 nitrogen and oxygen atoms in total. The third-order valence-electron chi connectivity index (χ3n) is 4.94. The molecule has 0 radical (unpaired) electrons. The topological polar surface area (TPSA) is 59.8 Å². The predicted molar refractivity (Wildman–Crippen MR) is 105 cm³/mol. The Hall–Kier alpha value is -1.82. The van der Waals surface area contributed by atoms with Crippen LogP contribution in [0.15, 0.2) is 35.5 Å². The number of rotatable bonds is 9. The number of hydrogen-bond donors (Lipinski definition) is 1. The van der Waals surface area contributed by atoms with E-state index in [-0.39, 0.29) is 11.2 Å². The van der Waals surface area contributed by atoms with Gasteiger partial charge in [-0.05, 0) is 38.7 Å². The Bertz CT molecular complexity index is 727. The molecule has 0 aliphatic heterocycles. The Kier molecular flexibility index (Phi) is 6.35. The molecule has 1 heterocycles. The standard InChI is InChI=1S/C20H28N4OS/c1-4-15(16-9-7-6-8-10-16)13-21-19(25)14(3)26-20-23-22-18(17-11-12-17)24(20)5-2/h6-10,14-15,17H,4-5,11-13H2,1-3H3,(H,21,25)/t14-,15+/m1/s1. The number of benzene rings is 1. The van der Waals surface area contributed by atoms with Crippen molar-refractivity contribution in [1.29, 1.82) is 0 Å². The van der Waals surface area contributed by atoms with E-state index in [4.69, 9.17) is 0 Å². The number of nitrogens with one attached hydrogen (secondary N) is 1. The van der Waals surface area contributed by atoms with Crippen molar-refractivity contribution in [1.82, 2.24) is 20.1 Å². The van der Waals surface area contributed by atoms with Crippen LogP contribution in [-0.2, 0) is 11.3 Å². The summed E-state index contributed by atoms with van der Waals surface area (Å²) in [7, 11) is 0. The van der Waals surface area contributed by atoms with Gasteiger partial charge in [0.15, 0.2) is 5.16 Å². The Morgan fingerprint density at radius 2 is 2.00 bits per heavy atom. The smallest absolute Gasteiger partial charge is 0.233 e. The molecule has 1 fully saturated rings. The summed E-state index contributed by atoms with van der Waals surface area (Å²) in [5, 5.41) is 12.5. The first-order valence-corrected chi connectivity index (χ1v) is 10.4. The highest BCUT2D eigenvalue weighted by Crippen LogP contribution is 2.40. The van der Waals surface area contributed by atoms with Gasteiger partial charge in [-0.3, -0.25) is 4.79 Å². The molecule has 2 atom stereocenters. The van der Waals surface area contributed by atoms with Gasteiger partial charge in [0.05, 0.1) is 5.25 Å². The highest BCUT2D eigenvalue weighted by atomic mass is 32.2. The molecule has 0 saturated heterocycles. The SMILES string of the molecule is CC[C@@H](CNC(=O)[C@@H](C)Sc1nnc(C2CC2)n1CC)c1ccccc1. The Labute approximate surface area is 160 Å². The molecule has 1 saturated carbocycles. The molecular weight excluding hydrogens is 344 g/mol. The van der Waals surface area contributed by atoms with Crippen LogP contribution in [0.5, 0.6) is 0 Å². The minimum absolute atomic E-state index is 0.0583. The fraction of sp³-hybridized carbons (Fsp3) is 0.550. The molecule has 1 aromatic heterocycles. The zero-order valence-electron chi connectivity index (χ0n) is 15.8. The number of hydrogen-bond acceptors (Lipinski definition) is 4. The molecule has 0 unspecified atom stereocenters. The van der Waals surface area contributed by atoms with Gasteiger partial charge in [0.25, 0.3) is 0 Å². The van der Waals surface area contributed by atoms with Crippen molar-refractivity contribution in [3.8, 4) is 0 Å². The molecule has 1 aliphatic carbocycles. The maximum Gasteiger partial charge on any atom is 0.233 e. The van der Waals surface area contributed by atoms with Crippen LogP contribution in [0.25, 0.3) is 0 Å². The van der Waals surface area contributed by atoms with Crippen LogP contribution in [0.3, 0.4) is 0 Å². The summed E-state index contributed by atoms with van der Waals surface area (Å²) < 4.78 is 2.16. The van der Waals surface area contributed by atoms with Crippen molar-refractivity contribution in [2.45, 2.75) is 68.8 Å².